The molecule has 2 rings (SSSR count). The maximum atomic E-state index is 12.7. The molecule has 2 N–H and O–H groups in total. The zero-order valence-corrected chi connectivity index (χ0v) is 11.4. The molecule has 20 heavy (non-hydrogen) atoms. The number of rotatable bonds is 1. The molecule has 1 amide bonds. The minimum atomic E-state index is -4.48. The first-order valence-electron chi connectivity index (χ1n) is 6.41. The molecule has 1 aliphatic rings. The molecule has 1 aromatic carbocycles. The van der Waals surface area contributed by atoms with Gasteiger partial charge < -0.3 is 10.6 Å². The van der Waals surface area contributed by atoms with Gasteiger partial charge in [0.05, 0.1) is 11.1 Å². The van der Waals surface area contributed by atoms with Crippen LogP contribution >= 0.6 is 0 Å². The van der Waals surface area contributed by atoms with Crippen LogP contribution in [0.3, 0.4) is 0 Å². The number of benzene rings is 1. The van der Waals surface area contributed by atoms with Crippen molar-refractivity contribution in [3.63, 3.8) is 0 Å². The van der Waals surface area contributed by atoms with Crippen LogP contribution in [0.2, 0.25) is 0 Å². The number of carbonyl (C=O) groups is 1. The van der Waals surface area contributed by atoms with E-state index in [1.54, 1.807) is 4.90 Å². The average Bonchev–Trinajstić information content (AvgIpc) is 2.67. The number of halogens is 3. The third-order valence-corrected chi connectivity index (χ3v) is 3.76. The van der Waals surface area contributed by atoms with E-state index in [0.29, 0.717) is 6.54 Å². The van der Waals surface area contributed by atoms with Crippen molar-refractivity contribution in [2.24, 2.45) is 0 Å². The second kappa shape index (κ2) is 4.68. The second-order valence-corrected chi connectivity index (χ2v) is 5.67. The molecular weight excluding hydrogens is 269 g/mol. The van der Waals surface area contributed by atoms with Crippen molar-refractivity contribution in [3.05, 3.63) is 29.3 Å². The number of alkyl halides is 3. The molecule has 0 spiro atoms. The van der Waals surface area contributed by atoms with Crippen LogP contribution in [-0.2, 0) is 6.18 Å². The number of nitrogen functional groups attached to an aromatic ring is 1. The normalized spacial score (nSPS) is 18.4. The summed E-state index contributed by atoms with van der Waals surface area (Å²) in [6.07, 6.45) is -2.81. The Balaban J connectivity index is 2.40. The quantitative estimate of drug-likeness (QED) is 0.805. The monoisotopic (exact) mass is 286 g/mol. The van der Waals surface area contributed by atoms with Gasteiger partial charge in [0.15, 0.2) is 0 Å². The minimum absolute atomic E-state index is 0.0743. The Bertz CT molecular complexity index is 538. The van der Waals surface area contributed by atoms with E-state index in [1.807, 2.05) is 13.8 Å². The van der Waals surface area contributed by atoms with E-state index in [0.717, 1.165) is 31.0 Å². The summed E-state index contributed by atoms with van der Waals surface area (Å²) in [6, 6.07) is 2.87. The molecule has 1 fully saturated rings. The number of nitrogens with zero attached hydrogens (tertiary/aromatic N) is 1. The summed E-state index contributed by atoms with van der Waals surface area (Å²) in [4.78, 5) is 14.0. The molecule has 0 unspecified atom stereocenters. The lowest BCUT2D eigenvalue weighted by molar-refractivity contribution is -0.137. The van der Waals surface area contributed by atoms with Crippen molar-refractivity contribution >= 4 is 11.6 Å². The van der Waals surface area contributed by atoms with Crippen LogP contribution < -0.4 is 5.73 Å². The summed E-state index contributed by atoms with van der Waals surface area (Å²) in [5.41, 5.74) is 4.47. The minimum Gasteiger partial charge on any atom is -0.398 e. The highest BCUT2D eigenvalue weighted by Gasteiger charge is 2.37. The molecule has 0 aliphatic carbocycles. The van der Waals surface area contributed by atoms with E-state index in [9.17, 15) is 18.0 Å². The lowest BCUT2D eigenvalue weighted by Gasteiger charge is -2.32. The van der Waals surface area contributed by atoms with Gasteiger partial charge in [-0.05, 0) is 44.9 Å². The van der Waals surface area contributed by atoms with Crippen molar-refractivity contribution in [2.45, 2.75) is 38.4 Å². The van der Waals surface area contributed by atoms with Crippen LogP contribution in [0.15, 0.2) is 18.2 Å². The van der Waals surface area contributed by atoms with Crippen LogP contribution in [0.25, 0.3) is 0 Å². The van der Waals surface area contributed by atoms with Crippen LogP contribution in [-0.4, -0.2) is 22.9 Å². The predicted octanol–water partition coefficient (Wildman–Crippen LogP) is 3.30. The lowest BCUT2D eigenvalue weighted by Crippen LogP contribution is -2.42. The van der Waals surface area contributed by atoms with E-state index < -0.39 is 17.6 Å². The fourth-order valence-corrected chi connectivity index (χ4v) is 2.55. The van der Waals surface area contributed by atoms with Crippen LogP contribution in [0, 0.1) is 0 Å². The van der Waals surface area contributed by atoms with Gasteiger partial charge in [-0.25, -0.2) is 0 Å². The largest absolute Gasteiger partial charge is 0.416 e. The fraction of sp³-hybridized carbons (Fsp3) is 0.500. The molecule has 0 radical (unpaired) electrons. The molecule has 110 valence electrons. The molecule has 0 saturated carbocycles. The van der Waals surface area contributed by atoms with Gasteiger partial charge in [-0.3, -0.25) is 4.79 Å². The van der Waals surface area contributed by atoms with Crippen molar-refractivity contribution in [1.29, 1.82) is 0 Å². The Kier molecular flexibility index (Phi) is 3.44. The van der Waals surface area contributed by atoms with Gasteiger partial charge in [-0.15, -0.1) is 0 Å². The van der Waals surface area contributed by atoms with Gasteiger partial charge in [0.1, 0.15) is 0 Å². The van der Waals surface area contributed by atoms with Crippen molar-refractivity contribution in [2.75, 3.05) is 12.3 Å². The zero-order valence-electron chi connectivity index (χ0n) is 11.4. The predicted molar refractivity (Wildman–Crippen MR) is 70.2 cm³/mol. The maximum Gasteiger partial charge on any atom is 0.416 e. The Morgan fingerprint density at radius 2 is 2.00 bits per heavy atom. The summed E-state index contributed by atoms with van der Waals surface area (Å²) in [5.74, 6) is -0.434. The third kappa shape index (κ3) is 2.59. The van der Waals surface area contributed by atoms with Gasteiger partial charge in [0.2, 0.25) is 0 Å². The summed E-state index contributed by atoms with van der Waals surface area (Å²) in [7, 11) is 0. The molecular formula is C14H17F3N2O. The van der Waals surface area contributed by atoms with E-state index >= 15 is 0 Å². The first kappa shape index (κ1) is 14.7. The van der Waals surface area contributed by atoms with Gasteiger partial charge in [-0.2, -0.15) is 13.2 Å². The molecule has 1 aliphatic heterocycles. The molecule has 1 heterocycles. The smallest absolute Gasteiger partial charge is 0.398 e. The molecule has 0 aromatic heterocycles. The SMILES string of the molecule is CC1(C)CCCN1C(=O)c1cc(C(F)(F)F)ccc1N. The standard InChI is InChI=1S/C14H17F3N2O/c1-13(2)6-3-7-19(13)12(20)10-8-9(14(15,16)17)4-5-11(10)18/h4-5,8H,3,6-7,18H2,1-2H3. The zero-order chi connectivity index (χ0) is 15.1. The van der Waals surface area contributed by atoms with Crippen LogP contribution in [0.1, 0.15) is 42.6 Å². The van der Waals surface area contributed by atoms with Crippen LogP contribution in [0.5, 0.6) is 0 Å². The highest BCUT2D eigenvalue weighted by Crippen LogP contribution is 2.34. The summed E-state index contributed by atoms with van der Waals surface area (Å²) < 4.78 is 38.2. The Morgan fingerprint density at radius 3 is 2.50 bits per heavy atom. The number of likely N-dealkylation sites (tertiary alicyclic amines) is 1. The Labute approximate surface area is 115 Å². The van der Waals surface area contributed by atoms with E-state index in [-0.39, 0.29) is 16.8 Å². The van der Waals surface area contributed by atoms with Gasteiger partial charge in [0, 0.05) is 17.8 Å². The van der Waals surface area contributed by atoms with E-state index in [4.69, 9.17) is 5.73 Å². The van der Waals surface area contributed by atoms with Crippen molar-refractivity contribution < 1.29 is 18.0 Å². The number of anilines is 1. The number of amides is 1. The van der Waals surface area contributed by atoms with Gasteiger partial charge in [-0.1, -0.05) is 0 Å². The summed E-state index contributed by atoms with van der Waals surface area (Å²) in [5, 5.41) is 0. The van der Waals surface area contributed by atoms with E-state index in [1.165, 1.54) is 0 Å². The number of nitrogens with two attached hydrogens (primary N) is 1. The second-order valence-electron chi connectivity index (χ2n) is 5.67. The Hall–Kier alpha value is -1.72. The summed E-state index contributed by atoms with van der Waals surface area (Å²) >= 11 is 0. The molecule has 1 saturated heterocycles. The maximum absolute atomic E-state index is 12.7. The number of hydrogen-bond acceptors (Lipinski definition) is 2. The average molecular weight is 286 g/mol. The molecule has 0 atom stereocenters. The third-order valence-electron chi connectivity index (χ3n) is 3.76. The topological polar surface area (TPSA) is 46.3 Å². The first-order chi connectivity index (χ1) is 9.13. The molecule has 0 bridgehead atoms. The Morgan fingerprint density at radius 1 is 1.35 bits per heavy atom. The van der Waals surface area contributed by atoms with Crippen molar-refractivity contribution in [3.8, 4) is 0 Å². The summed E-state index contributed by atoms with van der Waals surface area (Å²) in [6.45, 7) is 4.35. The van der Waals surface area contributed by atoms with Crippen LogP contribution in [0.4, 0.5) is 18.9 Å². The fourth-order valence-electron chi connectivity index (χ4n) is 2.55. The molecule has 3 nitrogen and oxygen atoms in total. The lowest BCUT2D eigenvalue weighted by atomic mass is 10.0. The van der Waals surface area contributed by atoms with Gasteiger partial charge >= 0.3 is 6.18 Å². The number of carbonyl (C=O) groups excluding carboxylic acids is 1. The molecule has 6 heteroatoms. The highest BCUT2D eigenvalue weighted by atomic mass is 19.4. The van der Waals surface area contributed by atoms with E-state index in [2.05, 4.69) is 0 Å². The highest BCUT2D eigenvalue weighted by molar-refractivity contribution is 5.99. The van der Waals surface area contributed by atoms with Crippen molar-refractivity contribution in [1.82, 2.24) is 4.90 Å². The first-order valence-corrected chi connectivity index (χ1v) is 6.41. The molecule has 1 aromatic rings. The van der Waals surface area contributed by atoms with Gasteiger partial charge in [0.25, 0.3) is 5.91 Å². The number of hydrogen-bond donors (Lipinski definition) is 1.